The maximum Gasteiger partial charge on any atom is 0.233 e. The van der Waals surface area contributed by atoms with Gasteiger partial charge >= 0.3 is 0 Å². The van der Waals surface area contributed by atoms with Gasteiger partial charge in [0.1, 0.15) is 5.76 Å². The van der Waals surface area contributed by atoms with Crippen LogP contribution in [0.1, 0.15) is 67.2 Å². The Morgan fingerprint density at radius 1 is 1.38 bits per heavy atom. The highest BCUT2D eigenvalue weighted by Gasteiger charge is 2.41. The van der Waals surface area contributed by atoms with Crippen LogP contribution >= 0.6 is 0 Å². The van der Waals surface area contributed by atoms with Gasteiger partial charge in [-0.2, -0.15) is 5.10 Å². The summed E-state index contributed by atoms with van der Waals surface area (Å²) in [6, 6.07) is 2.00. The predicted molar refractivity (Wildman–Crippen MR) is 89.8 cm³/mol. The number of nitrogens with zero attached hydrogens (tertiary/aromatic N) is 2. The number of H-pyrrole nitrogens is 1. The third kappa shape index (κ3) is 2.54. The van der Waals surface area contributed by atoms with E-state index in [9.17, 15) is 4.79 Å². The third-order valence-electron chi connectivity index (χ3n) is 5.90. The van der Waals surface area contributed by atoms with Crippen molar-refractivity contribution in [1.29, 1.82) is 0 Å². The molecule has 0 aromatic carbocycles. The molecule has 0 radical (unpaired) electrons. The number of nitrogens with one attached hydrogen (secondary N) is 2. The summed E-state index contributed by atoms with van der Waals surface area (Å²) in [5.74, 6) is 3.16. The zero-order valence-corrected chi connectivity index (χ0v) is 14.4. The first kappa shape index (κ1) is 15.4. The predicted octanol–water partition coefficient (Wildman–Crippen LogP) is 3.66. The van der Waals surface area contributed by atoms with Gasteiger partial charge < -0.3 is 9.84 Å². The van der Waals surface area contributed by atoms with Crippen LogP contribution in [0.4, 0.5) is 5.82 Å². The Morgan fingerprint density at radius 3 is 2.83 bits per heavy atom. The Hall–Kier alpha value is -2.11. The minimum absolute atomic E-state index is 0.0876. The molecule has 6 nitrogen and oxygen atoms in total. The van der Waals surface area contributed by atoms with Crippen LogP contribution in [0.15, 0.2) is 10.6 Å². The number of amides is 1. The SMILES string of the molecule is Cc1noc(C)c1[C@@H](C)C(=O)Nc1cc([C@@H]2C[C@H]3CC[C@H]2C3)[nH]n1. The van der Waals surface area contributed by atoms with Crippen molar-refractivity contribution in [3.63, 3.8) is 0 Å². The Balaban J connectivity index is 1.45. The Bertz CT molecular complexity index is 743. The number of aromatic amines is 1. The number of hydrogen-bond donors (Lipinski definition) is 2. The molecular weight excluding hydrogens is 304 g/mol. The molecule has 2 fully saturated rings. The van der Waals surface area contributed by atoms with Crippen molar-refractivity contribution in [1.82, 2.24) is 15.4 Å². The lowest BCUT2D eigenvalue weighted by Gasteiger charge is -2.19. The maximum atomic E-state index is 12.5. The summed E-state index contributed by atoms with van der Waals surface area (Å²) in [7, 11) is 0. The number of rotatable bonds is 4. The molecule has 0 unspecified atom stereocenters. The summed E-state index contributed by atoms with van der Waals surface area (Å²) in [6.07, 6.45) is 5.33. The van der Waals surface area contributed by atoms with Crippen molar-refractivity contribution in [3.05, 3.63) is 28.8 Å². The molecule has 2 aliphatic carbocycles. The molecule has 4 rings (SSSR count). The van der Waals surface area contributed by atoms with Gasteiger partial charge in [-0.25, -0.2) is 0 Å². The van der Waals surface area contributed by atoms with Crippen LogP contribution in [0.25, 0.3) is 0 Å². The minimum Gasteiger partial charge on any atom is -0.361 e. The number of hydrogen-bond acceptors (Lipinski definition) is 4. The first-order chi connectivity index (χ1) is 11.5. The fraction of sp³-hybridized carbons (Fsp3) is 0.611. The monoisotopic (exact) mass is 328 g/mol. The van der Waals surface area contributed by atoms with Crippen LogP contribution < -0.4 is 5.32 Å². The topological polar surface area (TPSA) is 83.8 Å². The van der Waals surface area contributed by atoms with E-state index in [0.29, 0.717) is 17.5 Å². The quantitative estimate of drug-likeness (QED) is 0.897. The van der Waals surface area contributed by atoms with Gasteiger partial charge in [-0.3, -0.25) is 9.89 Å². The van der Waals surface area contributed by atoms with Gasteiger partial charge in [-0.15, -0.1) is 0 Å². The van der Waals surface area contributed by atoms with Crippen molar-refractivity contribution >= 4 is 11.7 Å². The largest absolute Gasteiger partial charge is 0.361 e. The van der Waals surface area contributed by atoms with Gasteiger partial charge in [-0.05, 0) is 51.9 Å². The van der Waals surface area contributed by atoms with Crippen molar-refractivity contribution in [2.24, 2.45) is 11.8 Å². The van der Waals surface area contributed by atoms with E-state index >= 15 is 0 Å². The highest BCUT2D eigenvalue weighted by molar-refractivity contribution is 5.95. The van der Waals surface area contributed by atoms with Gasteiger partial charge in [0, 0.05) is 23.2 Å². The molecule has 2 heterocycles. The standard InChI is InChI=1S/C18H24N4O2/c1-9(17-10(2)22-24-11(17)3)18(23)19-16-8-15(20-21-16)14-7-12-4-5-13(14)6-12/h8-9,12-14H,4-7H2,1-3H3,(H2,19,20,21,23)/t9-,12+,13+,14-/m1/s1. The molecule has 1 amide bonds. The van der Waals surface area contributed by atoms with Crippen LogP contribution in [0.5, 0.6) is 0 Å². The number of aryl methyl sites for hydroxylation is 2. The summed E-state index contributed by atoms with van der Waals surface area (Å²) in [6.45, 7) is 5.56. The van der Waals surface area contributed by atoms with E-state index in [1.807, 2.05) is 26.8 Å². The smallest absolute Gasteiger partial charge is 0.233 e. The average molecular weight is 328 g/mol. The molecule has 0 spiro atoms. The third-order valence-corrected chi connectivity index (χ3v) is 5.90. The maximum absolute atomic E-state index is 12.5. The van der Waals surface area contributed by atoms with E-state index in [1.165, 1.54) is 31.4 Å². The number of carbonyl (C=O) groups is 1. The molecule has 2 aromatic heterocycles. The Morgan fingerprint density at radius 2 is 2.21 bits per heavy atom. The molecule has 24 heavy (non-hydrogen) atoms. The van der Waals surface area contributed by atoms with Crippen LogP contribution in [0.3, 0.4) is 0 Å². The van der Waals surface area contributed by atoms with E-state index in [1.54, 1.807) is 0 Å². The lowest BCUT2D eigenvalue weighted by molar-refractivity contribution is -0.117. The number of fused-ring (bicyclic) bond motifs is 2. The first-order valence-electron chi connectivity index (χ1n) is 8.82. The molecule has 6 heteroatoms. The lowest BCUT2D eigenvalue weighted by atomic mass is 9.86. The van der Waals surface area contributed by atoms with Crippen LogP contribution in [-0.4, -0.2) is 21.3 Å². The summed E-state index contributed by atoms with van der Waals surface area (Å²) >= 11 is 0. The Kier molecular flexibility index (Phi) is 3.70. The van der Waals surface area contributed by atoms with Crippen LogP contribution in [0, 0.1) is 25.7 Å². The fourth-order valence-electron chi connectivity index (χ4n) is 4.69. The van der Waals surface area contributed by atoms with Gasteiger partial charge in [-0.1, -0.05) is 11.6 Å². The fourth-order valence-corrected chi connectivity index (χ4v) is 4.69. The molecule has 2 aliphatic rings. The number of carbonyl (C=O) groups excluding carboxylic acids is 1. The van der Waals surface area contributed by atoms with Crippen molar-refractivity contribution in [2.45, 2.75) is 58.3 Å². The van der Waals surface area contributed by atoms with Crippen LogP contribution in [0.2, 0.25) is 0 Å². The molecule has 2 saturated carbocycles. The second-order valence-electron chi connectivity index (χ2n) is 7.44. The van der Waals surface area contributed by atoms with E-state index in [2.05, 4.69) is 20.7 Å². The molecule has 0 saturated heterocycles. The minimum atomic E-state index is -0.320. The molecule has 2 aromatic rings. The number of anilines is 1. The van der Waals surface area contributed by atoms with E-state index in [0.717, 1.165) is 23.1 Å². The van der Waals surface area contributed by atoms with Gasteiger partial charge in [0.25, 0.3) is 0 Å². The molecular formula is C18H24N4O2. The normalized spacial score (nSPS) is 26.7. The zero-order chi connectivity index (χ0) is 16.8. The second kappa shape index (κ2) is 5.76. The van der Waals surface area contributed by atoms with E-state index < -0.39 is 0 Å². The van der Waals surface area contributed by atoms with Gasteiger partial charge in [0.2, 0.25) is 5.91 Å². The van der Waals surface area contributed by atoms with Crippen molar-refractivity contribution in [2.75, 3.05) is 5.32 Å². The summed E-state index contributed by atoms with van der Waals surface area (Å²) in [5, 5.41) is 14.3. The van der Waals surface area contributed by atoms with Gasteiger partial charge in [0.05, 0.1) is 11.6 Å². The molecule has 4 atom stereocenters. The zero-order valence-electron chi connectivity index (χ0n) is 14.4. The summed E-state index contributed by atoms with van der Waals surface area (Å²) < 4.78 is 5.16. The second-order valence-corrected chi connectivity index (χ2v) is 7.44. The number of aromatic nitrogens is 3. The lowest BCUT2D eigenvalue weighted by Crippen LogP contribution is -2.20. The first-order valence-corrected chi connectivity index (χ1v) is 8.82. The van der Waals surface area contributed by atoms with Crippen molar-refractivity contribution in [3.8, 4) is 0 Å². The highest BCUT2D eigenvalue weighted by atomic mass is 16.5. The average Bonchev–Trinajstić information content (AvgIpc) is 3.32. The van der Waals surface area contributed by atoms with Crippen LogP contribution in [-0.2, 0) is 4.79 Å². The summed E-state index contributed by atoms with van der Waals surface area (Å²) in [4.78, 5) is 12.5. The summed E-state index contributed by atoms with van der Waals surface area (Å²) in [5.41, 5.74) is 2.79. The van der Waals surface area contributed by atoms with E-state index in [-0.39, 0.29) is 11.8 Å². The van der Waals surface area contributed by atoms with Gasteiger partial charge in [0.15, 0.2) is 5.82 Å². The van der Waals surface area contributed by atoms with Crippen molar-refractivity contribution < 1.29 is 9.32 Å². The highest BCUT2D eigenvalue weighted by Crippen LogP contribution is 2.52. The molecule has 2 bridgehead atoms. The molecule has 2 N–H and O–H groups in total. The molecule has 0 aliphatic heterocycles. The Labute approximate surface area is 141 Å². The molecule has 128 valence electrons. The van der Waals surface area contributed by atoms with E-state index in [4.69, 9.17) is 4.52 Å².